The van der Waals surface area contributed by atoms with Crippen LogP contribution in [0.4, 0.5) is 0 Å². The number of amides is 1. The Labute approximate surface area is 147 Å². The van der Waals surface area contributed by atoms with E-state index >= 15 is 0 Å². The molecule has 1 amide bonds. The number of para-hydroxylation sites is 1. The largest absolute Gasteiger partial charge is 0.483 e. The summed E-state index contributed by atoms with van der Waals surface area (Å²) < 4.78 is 30.8. The van der Waals surface area contributed by atoms with Crippen molar-refractivity contribution in [1.82, 2.24) is 14.2 Å². The number of pyridine rings is 1. The van der Waals surface area contributed by atoms with Crippen molar-refractivity contribution in [1.29, 1.82) is 0 Å². The summed E-state index contributed by atoms with van der Waals surface area (Å²) in [6, 6.07) is 9.31. The summed E-state index contributed by atoms with van der Waals surface area (Å²) in [6.07, 6.45) is 1.65. The Morgan fingerprint density at radius 3 is 2.60 bits per heavy atom. The van der Waals surface area contributed by atoms with Gasteiger partial charge in [0.15, 0.2) is 6.61 Å². The fraction of sp³-hybridized carbons (Fsp3) is 0.412. The van der Waals surface area contributed by atoms with E-state index in [1.54, 1.807) is 24.1 Å². The Morgan fingerprint density at radius 1 is 1.16 bits per heavy atom. The number of carbonyl (C=O) groups is 1. The van der Waals surface area contributed by atoms with Crippen LogP contribution < -0.4 is 4.74 Å². The maximum Gasteiger partial charge on any atom is 0.260 e. The number of sulfonamides is 1. The van der Waals surface area contributed by atoms with Crippen molar-refractivity contribution >= 4 is 26.8 Å². The van der Waals surface area contributed by atoms with E-state index < -0.39 is 10.0 Å². The number of hydrogen-bond acceptors (Lipinski definition) is 5. The Morgan fingerprint density at radius 2 is 1.88 bits per heavy atom. The number of piperazine rings is 1. The van der Waals surface area contributed by atoms with Gasteiger partial charge in [0.1, 0.15) is 5.75 Å². The van der Waals surface area contributed by atoms with Crippen LogP contribution in [-0.2, 0) is 14.8 Å². The average Bonchev–Trinajstić information content (AvgIpc) is 2.66. The van der Waals surface area contributed by atoms with Gasteiger partial charge in [0, 0.05) is 37.8 Å². The lowest BCUT2D eigenvalue weighted by molar-refractivity contribution is -0.134. The SMILES string of the molecule is CCS(=O)(=O)N1CCN(C(=O)COc2ccnc3ccccc23)CC1. The molecule has 0 spiro atoms. The Bertz CT molecular complexity index is 856. The minimum atomic E-state index is -3.19. The van der Waals surface area contributed by atoms with Gasteiger partial charge in [0.25, 0.3) is 5.91 Å². The van der Waals surface area contributed by atoms with E-state index in [2.05, 4.69) is 4.98 Å². The summed E-state index contributed by atoms with van der Waals surface area (Å²) in [5.74, 6) is 0.555. The van der Waals surface area contributed by atoms with Gasteiger partial charge in [-0.3, -0.25) is 9.78 Å². The highest BCUT2D eigenvalue weighted by atomic mass is 32.2. The molecule has 1 saturated heterocycles. The topological polar surface area (TPSA) is 79.8 Å². The molecule has 7 nitrogen and oxygen atoms in total. The zero-order valence-electron chi connectivity index (χ0n) is 14.1. The minimum absolute atomic E-state index is 0.0749. The second-order valence-corrected chi connectivity index (χ2v) is 8.05. The van der Waals surface area contributed by atoms with Crippen molar-refractivity contribution in [3.63, 3.8) is 0 Å². The minimum Gasteiger partial charge on any atom is -0.483 e. The molecule has 0 radical (unpaired) electrons. The van der Waals surface area contributed by atoms with Gasteiger partial charge in [0.05, 0.1) is 11.3 Å². The smallest absolute Gasteiger partial charge is 0.260 e. The Balaban J connectivity index is 1.58. The molecule has 3 rings (SSSR count). The van der Waals surface area contributed by atoms with Crippen molar-refractivity contribution in [3.05, 3.63) is 36.5 Å². The molecule has 1 aliphatic rings. The van der Waals surface area contributed by atoms with Gasteiger partial charge in [-0.15, -0.1) is 0 Å². The third-order valence-corrected chi connectivity index (χ3v) is 6.19. The summed E-state index contributed by atoms with van der Waals surface area (Å²) >= 11 is 0. The van der Waals surface area contributed by atoms with Gasteiger partial charge in [0.2, 0.25) is 10.0 Å². The molecule has 0 bridgehead atoms. The summed E-state index contributed by atoms with van der Waals surface area (Å²) in [5, 5.41) is 0.858. The van der Waals surface area contributed by atoms with Crippen LogP contribution in [0.1, 0.15) is 6.92 Å². The second kappa shape index (κ2) is 7.37. The van der Waals surface area contributed by atoms with Crippen molar-refractivity contribution < 1.29 is 17.9 Å². The number of ether oxygens (including phenoxy) is 1. The normalized spacial score (nSPS) is 16.1. The molecule has 0 aliphatic carbocycles. The van der Waals surface area contributed by atoms with Gasteiger partial charge in [-0.2, -0.15) is 4.31 Å². The monoisotopic (exact) mass is 363 g/mol. The number of aromatic nitrogens is 1. The molecule has 0 unspecified atom stereocenters. The van der Waals surface area contributed by atoms with Gasteiger partial charge in [-0.25, -0.2) is 8.42 Å². The first-order valence-electron chi connectivity index (χ1n) is 8.23. The van der Waals surface area contributed by atoms with E-state index in [1.165, 1.54) is 4.31 Å². The van der Waals surface area contributed by atoms with Crippen molar-refractivity contribution in [2.24, 2.45) is 0 Å². The van der Waals surface area contributed by atoms with Crippen molar-refractivity contribution in [3.8, 4) is 5.75 Å². The first-order chi connectivity index (χ1) is 12.0. The molecular formula is C17H21N3O4S. The number of fused-ring (bicyclic) bond motifs is 1. The Kier molecular flexibility index (Phi) is 5.19. The zero-order chi connectivity index (χ0) is 17.9. The molecule has 2 heterocycles. The van der Waals surface area contributed by atoms with E-state index in [0.717, 1.165) is 10.9 Å². The number of benzene rings is 1. The number of rotatable bonds is 5. The summed E-state index contributed by atoms with van der Waals surface area (Å²) in [5.41, 5.74) is 0.811. The van der Waals surface area contributed by atoms with Gasteiger partial charge in [-0.05, 0) is 25.1 Å². The standard InChI is InChI=1S/C17H21N3O4S/c1-2-25(22,23)20-11-9-19(10-12-20)17(21)13-24-16-7-8-18-15-6-4-3-5-14(15)16/h3-8H,2,9-13H2,1H3. The van der Waals surface area contributed by atoms with Crippen LogP contribution >= 0.6 is 0 Å². The molecule has 8 heteroatoms. The average molecular weight is 363 g/mol. The lowest BCUT2D eigenvalue weighted by Crippen LogP contribution is -2.51. The maximum atomic E-state index is 12.4. The van der Waals surface area contributed by atoms with E-state index in [0.29, 0.717) is 31.9 Å². The molecule has 134 valence electrons. The number of carbonyl (C=O) groups excluding carboxylic acids is 1. The molecule has 2 aromatic rings. The van der Waals surface area contributed by atoms with Crippen LogP contribution in [0.3, 0.4) is 0 Å². The number of hydrogen-bond donors (Lipinski definition) is 0. The van der Waals surface area contributed by atoms with Crippen LogP contribution in [0.25, 0.3) is 10.9 Å². The third-order valence-electron chi connectivity index (χ3n) is 4.31. The zero-order valence-corrected chi connectivity index (χ0v) is 14.9. The summed E-state index contributed by atoms with van der Waals surface area (Å²) in [6.45, 7) is 2.99. The molecule has 0 atom stereocenters. The first kappa shape index (κ1) is 17.6. The van der Waals surface area contributed by atoms with Crippen molar-refractivity contribution in [2.45, 2.75) is 6.92 Å². The first-order valence-corrected chi connectivity index (χ1v) is 9.84. The van der Waals surface area contributed by atoms with Crippen LogP contribution in [0.5, 0.6) is 5.75 Å². The fourth-order valence-electron chi connectivity index (χ4n) is 2.82. The third kappa shape index (κ3) is 3.91. The predicted octanol–water partition coefficient (Wildman–Crippen LogP) is 1.11. The highest BCUT2D eigenvalue weighted by Crippen LogP contribution is 2.23. The van der Waals surface area contributed by atoms with E-state index in [-0.39, 0.29) is 18.3 Å². The van der Waals surface area contributed by atoms with Crippen LogP contribution in [0.2, 0.25) is 0 Å². The molecule has 0 saturated carbocycles. The lowest BCUT2D eigenvalue weighted by Gasteiger charge is -2.33. The Hall–Kier alpha value is -2.19. The highest BCUT2D eigenvalue weighted by molar-refractivity contribution is 7.89. The van der Waals surface area contributed by atoms with E-state index in [4.69, 9.17) is 4.74 Å². The van der Waals surface area contributed by atoms with Crippen LogP contribution in [-0.4, -0.2) is 67.1 Å². The molecule has 1 aromatic carbocycles. The van der Waals surface area contributed by atoms with E-state index in [9.17, 15) is 13.2 Å². The predicted molar refractivity (Wildman–Crippen MR) is 94.9 cm³/mol. The highest BCUT2D eigenvalue weighted by Gasteiger charge is 2.27. The van der Waals surface area contributed by atoms with Gasteiger partial charge >= 0.3 is 0 Å². The lowest BCUT2D eigenvalue weighted by atomic mass is 10.2. The van der Waals surface area contributed by atoms with Gasteiger partial charge in [-0.1, -0.05) is 12.1 Å². The molecule has 1 aromatic heterocycles. The molecule has 1 aliphatic heterocycles. The van der Waals surface area contributed by atoms with Gasteiger partial charge < -0.3 is 9.64 Å². The maximum absolute atomic E-state index is 12.4. The van der Waals surface area contributed by atoms with E-state index in [1.807, 2.05) is 24.3 Å². The molecule has 1 fully saturated rings. The molecular weight excluding hydrogens is 342 g/mol. The summed E-state index contributed by atoms with van der Waals surface area (Å²) in [7, 11) is -3.19. The molecule has 25 heavy (non-hydrogen) atoms. The van der Waals surface area contributed by atoms with Crippen LogP contribution in [0, 0.1) is 0 Å². The summed E-state index contributed by atoms with van der Waals surface area (Å²) in [4.78, 5) is 18.3. The quantitative estimate of drug-likeness (QED) is 0.795. The fourth-order valence-corrected chi connectivity index (χ4v) is 3.91. The van der Waals surface area contributed by atoms with Crippen molar-refractivity contribution in [2.75, 3.05) is 38.5 Å². The molecule has 0 N–H and O–H groups in total. The second-order valence-electron chi connectivity index (χ2n) is 5.80. The number of nitrogens with zero attached hydrogens (tertiary/aromatic N) is 3. The van der Waals surface area contributed by atoms with Crippen LogP contribution in [0.15, 0.2) is 36.5 Å².